The molecule has 1 aromatic heterocycles. The largest absolute Gasteiger partial charge is 0.416 e. The van der Waals surface area contributed by atoms with Crippen LogP contribution in [0, 0.1) is 0 Å². The van der Waals surface area contributed by atoms with Crippen LogP contribution in [0.3, 0.4) is 0 Å². The van der Waals surface area contributed by atoms with Crippen LogP contribution < -0.4 is 0 Å². The van der Waals surface area contributed by atoms with E-state index in [0.717, 1.165) is 21.9 Å². The number of rotatable bonds is 3. The van der Waals surface area contributed by atoms with Gasteiger partial charge in [-0.15, -0.1) is 10.2 Å². The molecule has 0 N–H and O–H groups in total. The monoisotopic (exact) mass is 398 g/mol. The predicted octanol–water partition coefficient (Wildman–Crippen LogP) is 7.38. The Labute approximate surface area is 179 Å². The Hall–Kier alpha value is -4.24. The third-order valence-electron chi connectivity index (χ3n) is 5.65. The molecule has 0 saturated heterocycles. The third-order valence-corrected chi connectivity index (χ3v) is 5.65. The average Bonchev–Trinajstić information content (AvgIpc) is 3.33. The van der Waals surface area contributed by atoms with Gasteiger partial charge in [0.1, 0.15) is 0 Å². The van der Waals surface area contributed by atoms with Gasteiger partial charge in [-0.05, 0) is 44.8 Å². The van der Waals surface area contributed by atoms with Gasteiger partial charge in [-0.25, -0.2) is 0 Å². The highest BCUT2D eigenvalue weighted by Gasteiger charge is 2.20. The maximum atomic E-state index is 6.20. The van der Waals surface area contributed by atoms with Crippen LogP contribution in [0.15, 0.2) is 114 Å². The zero-order valence-corrected chi connectivity index (χ0v) is 16.7. The highest BCUT2D eigenvalue weighted by molar-refractivity contribution is 6.20. The molecule has 0 radical (unpaired) electrons. The van der Waals surface area contributed by atoms with E-state index in [-0.39, 0.29) is 0 Å². The molecule has 0 fully saturated rings. The van der Waals surface area contributed by atoms with Crippen molar-refractivity contribution in [3.05, 3.63) is 109 Å². The van der Waals surface area contributed by atoms with Crippen molar-refractivity contribution in [2.75, 3.05) is 0 Å². The van der Waals surface area contributed by atoms with Crippen molar-refractivity contribution in [3.63, 3.8) is 0 Å². The highest BCUT2D eigenvalue weighted by Crippen LogP contribution is 2.43. The Morgan fingerprint density at radius 1 is 0.387 bits per heavy atom. The molecule has 6 aromatic rings. The number of nitrogens with zero attached hydrogens (tertiary/aromatic N) is 2. The minimum Gasteiger partial charge on any atom is -0.416 e. The van der Waals surface area contributed by atoms with Gasteiger partial charge < -0.3 is 4.42 Å². The van der Waals surface area contributed by atoms with Gasteiger partial charge >= 0.3 is 0 Å². The fraction of sp³-hybridized carbons (Fsp3) is 0. The van der Waals surface area contributed by atoms with Gasteiger partial charge in [0.15, 0.2) is 0 Å². The Morgan fingerprint density at radius 2 is 0.806 bits per heavy atom. The van der Waals surface area contributed by atoms with E-state index in [1.54, 1.807) is 0 Å². The smallest absolute Gasteiger partial charge is 0.249 e. The van der Waals surface area contributed by atoms with Crippen molar-refractivity contribution in [2.45, 2.75) is 0 Å². The lowest BCUT2D eigenvalue weighted by Crippen LogP contribution is -1.90. The van der Waals surface area contributed by atoms with Crippen LogP contribution in [0.4, 0.5) is 0 Å². The van der Waals surface area contributed by atoms with Gasteiger partial charge in [-0.3, -0.25) is 0 Å². The molecule has 3 nitrogen and oxygen atoms in total. The van der Waals surface area contributed by atoms with E-state index < -0.39 is 0 Å². The fourth-order valence-corrected chi connectivity index (χ4v) is 4.30. The van der Waals surface area contributed by atoms with Crippen LogP contribution in [0.2, 0.25) is 0 Å². The maximum absolute atomic E-state index is 6.20. The lowest BCUT2D eigenvalue weighted by Gasteiger charge is -2.15. The standard InChI is InChI=1S/C28H18N2O/c1-3-11-19(12-4-1)25-21-15-7-9-17-23(21)26(24-18-10-8-16-22(24)25)28-30-29-27(31-28)20-13-5-2-6-14-20/h1-18H. The third kappa shape index (κ3) is 2.90. The first-order valence-electron chi connectivity index (χ1n) is 10.3. The van der Waals surface area contributed by atoms with Crippen LogP contribution in [0.5, 0.6) is 0 Å². The second-order valence-electron chi connectivity index (χ2n) is 7.49. The first-order valence-corrected chi connectivity index (χ1v) is 10.3. The van der Waals surface area contributed by atoms with Crippen molar-refractivity contribution in [2.24, 2.45) is 0 Å². The van der Waals surface area contributed by atoms with Gasteiger partial charge in [0.05, 0.1) is 5.56 Å². The lowest BCUT2D eigenvalue weighted by molar-refractivity contribution is 0.586. The molecule has 5 aromatic carbocycles. The summed E-state index contributed by atoms with van der Waals surface area (Å²) < 4.78 is 6.20. The van der Waals surface area contributed by atoms with Crippen LogP contribution in [0.1, 0.15) is 0 Å². The van der Waals surface area contributed by atoms with Gasteiger partial charge in [0, 0.05) is 5.56 Å². The number of hydrogen-bond donors (Lipinski definition) is 0. The molecule has 0 amide bonds. The number of hydrogen-bond acceptors (Lipinski definition) is 3. The molecule has 31 heavy (non-hydrogen) atoms. The normalized spacial score (nSPS) is 11.2. The molecule has 0 unspecified atom stereocenters. The molecule has 0 atom stereocenters. The number of aromatic nitrogens is 2. The maximum Gasteiger partial charge on any atom is 0.249 e. The van der Waals surface area contributed by atoms with Crippen molar-refractivity contribution in [1.29, 1.82) is 0 Å². The van der Waals surface area contributed by atoms with Crippen LogP contribution in [-0.4, -0.2) is 10.2 Å². The van der Waals surface area contributed by atoms with Gasteiger partial charge in [-0.1, -0.05) is 97.1 Å². The molecule has 0 spiro atoms. The quantitative estimate of drug-likeness (QED) is 0.292. The number of benzene rings is 5. The zero-order valence-electron chi connectivity index (χ0n) is 16.7. The van der Waals surface area contributed by atoms with E-state index in [1.165, 1.54) is 21.9 Å². The van der Waals surface area contributed by atoms with Crippen molar-refractivity contribution < 1.29 is 4.42 Å². The second-order valence-corrected chi connectivity index (χ2v) is 7.49. The second kappa shape index (κ2) is 7.22. The van der Waals surface area contributed by atoms with Gasteiger partial charge in [0.2, 0.25) is 11.8 Å². The fourth-order valence-electron chi connectivity index (χ4n) is 4.30. The first kappa shape index (κ1) is 17.6. The molecule has 146 valence electrons. The molecule has 3 heteroatoms. The Morgan fingerprint density at radius 3 is 1.35 bits per heavy atom. The summed E-state index contributed by atoms with van der Waals surface area (Å²) in [6, 6.07) is 37.3. The Balaban J connectivity index is 1.69. The summed E-state index contributed by atoms with van der Waals surface area (Å²) in [6.07, 6.45) is 0. The summed E-state index contributed by atoms with van der Waals surface area (Å²) in [7, 11) is 0. The molecule has 0 aliphatic carbocycles. The summed E-state index contributed by atoms with van der Waals surface area (Å²) in [6.45, 7) is 0. The topological polar surface area (TPSA) is 38.9 Å². The summed E-state index contributed by atoms with van der Waals surface area (Å²) in [5.74, 6) is 1.06. The van der Waals surface area contributed by atoms with Crippen LogP contribution in [0.25, 0.3) is 55.6 Å². The average molecular weight is 398 g/mol. The van der Waals surface area contributed by atoms with E-state index in [0.29, 0.717) is 11.8 Å². The SMILES string of the molecule is c1ccc(-c2nnc(-c3c4ccccc4c(-c4ccccc4)c4ccccc34)o2)cc1. The minimum absolute atomic E-state index is 0.524. The van der Waals surface area contributed by atoms with E-state index in [1.807, 2.05) is 36.4 Å². The molecule has 0 bridgehead atoms. The van der Waals surface area contributed by atoms with Crippen LogP contribution in [-0.2, 0) is 0 Å². The summed E-state index contributed by atoms with van der Waals surface area (Å²) in [5.41, 5.74) is 4.30. The first-order chi connectivity index (χ1) is 15.4. The van der Waals surface area contributed by atoms with Crippen molar-refractivity contribution in [3.8, 4) is 34.0 Å². The molecule has 6 rings (SSSR count). The predicted molar refractivity (Wildman–Crippen MR) is 126 cm³/mol. The van der Waals surface area contributed by atoms with E-state index in [4.69, 9.17) is 4.42 Å². The van der Waals surface area contributed by atoms with Crippen LogP contribution >= 0.6 is 0 Å². The van der Waals surface area contributed by atoms with Gasteiger partial charge in [-0.2, -0.15) is 0 Å². The molecule has 0 saturated carbocycles. The van der Waals surface area contributed by atoms with E-state index in [9.17, 15) is 0 Å². The van der Waals surface area contributed by atoms with E-state index >= 15 is 0 Å². The van der Waals surface area contributed by atoms with E-state index in [2.05, 4.69) is 83.0 Å². The molecule has 0 aliphatic rings. The molecule has 0 aliphatic heterocycles. The van der Waals surface area contributed by atoms with Crippen molar-refractivity contribution >= 4 is 21.5 Å². The molecular weight excluding hydrogens is 380 g/mol. The number of fused-ring (bicyclic) bond motifs is 2. The van der Waals surface area contributed by atoms with Gasteiger partial charge in [0.25, 0.3) is 0 Å². The summed E-state index contributed by atoms with van der Waals surface area (Å²) in [4.78, 5) is 0. The summed E-state index contributed by atoms with van der Waals surface area (Å²) in [5, 5.41) is 13.3. The Bertz CT molecular complexity index is 1460. The lowest BCUT2D eigenvalue weighted by atomic mass is 9.88. The minimum atomic E-state index is 0.524. The molecular formula is C28H18N2O. The molecule has 1 heterocycles. The Kier molecular flexibility index (Phi) is 4.10. The van der Waals surface area contributed by atoms with Crippen molar-refractivity contribution in [1.82, 2.24) is 10.2 Å². The zero-order chi connectivity index (χ0) is 20.6. The highest BCUT2D eigenvalue weighted by atomic mass is 16.4. The summed E-state index contributed by atoms with van der Waals surface area (Å²) >= 11 is 0.